The van der Waals surface area contributed by atoms with Crippen LogP contribution in [0.5, 0.6) is 0 Å². The third-order valence-corrected chi connectivity index (χ3v) is 4.62. The van der Waals surface area contributed by atoms with Gasteiger partial charge in [-0.15, -0.1) is 11.3 Å². The summed E-state index contributed by atoms with van der Waals surface area (Å²) in [7, 11) is 1.68. The molecule has 0 amide bonds. The van der Waals surface area contributed by atoms with Crippen LogP contribution in [-0.2, 0) is 11.3 Å². The average Bonchev–Trinajstić information content (AvgIpc) is 2.89. The van der Waals surface area contributed by atoms with E-state index in [1.807, 2.05) is 18.5 Å². The van der Waals surface area contributed by atoms with Crippen LogP contribution in [0.1, 0.15) is 27.3 Å². The lowest BCUT2D eigenvalue weighted by molar-refractivity contribution is 0.182. The van der Waals surface area contributed by atoms with E-state index in [4.69, 9.17) is 10.5 Å². The second-order valence-corrected chi connectivity index (χ2v) is 6.34. The first-order valence-electron chi connectivity index (χ1n) is 5.94. The molecule has 0 saturated heterocycles. The highest BCUT2D eigenvalue weighted by Gasteiger charge is 2.22. The van der Waals surface area contributed by atoms with Gasteiger partial charge in [-0.1, -0.05) is 0 Å². The highest BCUT2D eigenvalue weighted by molar-refractivity contribution is 9.10. The minimum atomic E-state index is -0.222. The first-order chi connectivity index (χ1) is 9.04. The normalized spacial score (nSPS) is 12.9. The van der Waals surface area contributed by atoms with Gasteiger partial charge in [-0.3, -0.25) is 4.68 Å². The molecule has 2 rings (SSSR count). The van der Waals surface area contributed by atoms with E-state index < -0.39 is 0 Å². The van der Waals surface area contributed by atoms with Gasteiger partial charge in [0, 0.05) is 7.11 Å². The summed E-state index contributed by atoms with van der Waals surface area (Å²) in [5.74, 6) is 0. The average molecular weight is 345 g/mol. The molecule has 19 heavy (non-hydrogen) atoms. The fraction of sp³-hybridized carbons (Fsp3) is 0.500. The summed E-state index contributed by atoms with van der Waals surface area (Å²) >= 11 is 5.15. The van der Waals surface area contributed by atoms with Crippen LogP contribution < -0.4 is 5.73 Å². The highest BCUT2D eigenvalue weighted by atomic mass is 79.9. The van der Waals surface area contributed by atoms with Gasteiger partial charge in [0.15, 0.2) is 0 Å². The lowest BCUT2D eigenvalue weighted by Crippen LogP contribution is -2.19. The quantitative estimate of drug-likeness (QED) is 0.904. The van der Waals surface area contributed by atoms with Crippen LogP contribution in [0, 0.1) is 13.8 Å². The van der Waals surface area contributed by atoms with Gasteiger partial charge < -0.3 is 10.5 Å². The zero-order valence-electron chi connectivity index (χ0n) is 11.2. The van der Waals surface area contributed by atoms with E-state index in [-0.39, 0.29) is 6.04 Å². The van der Waals surface area contributed by atoms with Crippen molar-refractivity contribution in [2.24, 2.45) is 5.73 Å². The van der Waals surface area contributed by atoms with Crippen LogP contribution in [0.3, 0.4) is 0 Å². The Morgan fingerprint density at radius 2 is 2.26 bits per heavy atom. The molecular formula is C12H17BrN4OS. The highest BCUT2D eigenvalue weighted by Crippen LogP contribution is 2.31. The van der Waals surface area contributed by atoms with Crippen molar-refractivity contribution in [3.8, 4) is 0 Å². The van der Waals surface area contributed by atoms with Crippen LogP contribution >= 0.6 is 27.3 Å². The Balaban J connectivity index is 2.35. The standard InChI is InChI=1S/C12H17BrN4OS/c1-7-12(19-8(2)16-7)10(14)11-9(13)6-15-17(11)4-5-18-3/h6,10H,4-5,14H2,1-3H3. The number of aryl methyl sites for hydroxylation is 2. The SMILES string of the molecule is COCCn1ncc(Br)c1C(N)c1sc(C)nc1C. The van der Waals surface area contributed by atoms with E-state index >= 15 is 0 Å². The van der Waals surface area contributed by atoms with E-state index in [1.54, 1.807) is 24.6 Å². The second-order valence-electron chi connectivity index (χ2n) is 4.25. The van der Waals surface area contributed by atoms with Gasteiger partial charge in [-0.2, -0.15) is 5.10 Å². The molecule has 0 aliphatic heterocycles. The number of hydrogen-bond donors (Lipinski definition) is 1. The number of thiazole rings is 1. The van der Waals surface area contributed by atoms with Gasteiger partial charge in [0.2, 0.25) is 0 Å². The van der Waals surface area contributed by atoms with Crippen LogP contribution in [0.25, 0.3) is 0 Å². The zero-order valence-corrected chi connectivity index (χ0v) is 13.6. The molecule has 2 heterocycles. The zero-order chi connectivity index (χ0) is 14.0. The van der Waals surface area contributed by atoms with Gasteiger partial charge in [0.1, 0.15) is 0 Å². The molecule has 5 nitrogen and oxygen atoms in total. The van der Waals surface area contributed by atoms with Crippen molar-refractivity contribution in [3.63, 3.8) is 0 Å². The summed E-state index contributed by atoms with van der Waals surface area (Å²) < 4.78 is 7.90. The van der Waals surface area contributed by atoms with Crippen LogP contribution in [0.4, 0.5) is 0 Å². The molecule has 2 aromatic rings. The number of rotatable bonds is 5. The molecule has 1 unspecified atom stereocenters. The lowest BCUT2D eigenvalue weighted by Gasteiger charge is -2.14. The number of methoxy groups -OCH3 is 1. The second kappa shape index (κ2) is 6.13. The summed E-state index contributed by atoms with van der Waals surface area (Å²) in [6.45, 7) is 5.27. The molecule has 104 valence electrons. The summed E-state index contributed by atoms with van der Waals surface area (Å²) in [4.78, 5) is 5.51. The Morgan fingerprint density at radius 3 is 2.84 bits per heavy atom. The minimum absolute atomic E-state index is 0.222. The van der Waals surface area contributed by atoms with Gasteiger partial charge in [0.05, 0.1) is 51.1 Å². The third kappa shape index (κ3) is 3.05. The Bertz CT molecular complexity index is 566. The maximum atomic E-state index is 6.39. The summed E-state index contributed by atoms with van der Waals surface area (Å²) in [5.41, 5.74) is 8.34. The predicted octanol–water partition coefficient (Wildman–Crippen LogP) is 2.41. The minimum Gasteiger partial charge on any atom is -0.383 e. The van der Waals surface area contributed by atoms with Crippen LogP contribution in [0.2, 0.25) is 0 Å². The molecule has 2 N–H and O–H groups in total. The van der Waals surface area contributed by atoms with Crippen molar-refractivity contribution < 1.29 is 4.74 Å². The van der Waals surface area contributed by atoms with Crippen molar-refractivity contribution in [2.75, 3.05) is 13.7 Å². The fourth-order valence-corrected chi connectivity index (χ4v) is 3.47. The van der Waals surface area contributed by atoms with Crippen molar-refractivity contribution in [2.45, 2.75) is 26.4 Å². The molecule has 2 aromatic heterocycles. The largest absolute Gasteiger partial charge is 0.383 e. The first kappa shape index (κ1) is 14.6. The van der Waals surface area contributed by atoms with E-state index in [2.05, 4.69) is 26.0 Å². The monoisotopic (exact) mass is 344 g/mol. The molecule has 1 atom stereocenters. The van der Waals surface area contributed by atoms with Crippen molar-refractivity contribution >= 4 is 27.3 Å². The van der Waals surface area contributed by atoms with E-state index in [0.29, 0.717) is 13.2 Å². The van der Waals surface area contributed by atoms with Gasteiger partial charge >= 0.3 is 0 Å². The summed E-state index contributed by atoms with van der Waals surface area (Å²) in [6.07, 6.45) is 1.77. The topological polar surface area (TPSA) is 66.0 Å². The third-order valence-electron chi connectivity index (χ3n) is 2.86. The predicted molar refractivity (Wildman–Crippen MR) is 79.4 cm³/mol. The lowest BCUT2D eigenvalue weighted by atomic mass is 10.1. The van der Waals surface area contributed by atoms with Gasteiger partial charge in [0.25, 0.3) is 0 Å². The number of nitrogens with two attached hydrogens (primary N) is 1. The Kier molecular flexibility index (Phi) is 4.72. The maximum absolute atomic E-state index is 6.39. The number of halogens is 1. The summed E-state index contributed by atoms with van der Waals surface area (Å²) in [6, 6.07) is -0.222. The molecule has 0 bridgehead atoms. The number of aromatic nitrogens is 3. The molecule has 7 heteroatoms. The molecule has 0 saturated carbocycles. The fourth-order valence-electron chi connectivity index (χ4n) is 2.00. The number of nitrogens with zero attached hydrogens (tertiary/aromatic N) is 3. The molecule has 0 aromatic carbocycles. The van der Waals surface area contributed by atoms with E-state index in [0.717, 1.165) is 25.7 Å². The smallest absolute Gasteiger partial charge is 0.0900 e. The maximum Gasteiger partial charge on any atom is 0.0900 e. The van der Waals surface area contributed by atoms with Crippen molar-refractivity contribution in [3.05, 3.63) is 31.9 Å². The molecular weight excluding hydrogens is 328 g/mol. The Hall–Kier alpha value is -0.760. The van der Waals surface area contributed by atoms with Crippen molar-refractivity contribution in [1.82, 2.24) is 14.8 Å². The van der Waals surface area contributed by atoms with Crippen molar-refractivity contribution in [1.29, 1.82) is 0 Å². The van der Waals surface area contributed by atoms with E-state index in [9.17, 15) is 0 Å². The number of ether oxygens (including phenoxy) is 1. The Labute approximate surface area is 124 Å². The molecule has 0 aliphatic rings. The molecule has 0 radical (unpaired) electrons. The Morgan fingerprint density at radius 1 is 1.53 bits per heavy atom. The van der Waals surface area contributed by atoms with E-state index in [1.165, 1.54) is 0 Å². The first-order valence-corrected chi connectivity index (χ1v) is 7.55. The summed E-state index contributed by atoms with van der Waals surface area (Å²) in [5, 5.41) is 5.36. The molecule has 0 spiro atoms. The van der Waals surface area contributed by atoms with Gasteiger partial charge in [-0.05, 0) is 29.8 Å². The van der Waals surface area contributed by atoms with Crippen LogP contribution in [-0.4, -0.2) is 28.5 Å². The number of hydrogen-bond acceptors (Lipinski definition) is 5. The van der Waals surface area contributed by atoms with Crippen LogP contribution in [0.15, 0.2) is 10.7 Å². The van der Waals surface area contributed by atoms with Gasteiger partial charge in [-0.25, -0.2) is 4.98 Å². The molecule has 0 aliphatic carbocycles. The molecule has 0 fully saturated rings.